The van der Waals surface area contributed by atoms with Crippen LogP contribution in [0.1, 0.15) is 29.5 Å². The van der Waals surface area contributed by atoms with Crippen LogP contribution in [0, 0.1) is 16.0 Å². The predicted molar refractivity (Wildman–Crippen MR) is 127 cm³/mol. The molecule has 0 saturated heterocycles. The lowest BCUT2D eigenvalue weighted by Gasteiger charge is -2.38. The number of nitro benzene ring substituents is 1. The van der Waals surface area contributed by atoms with E-state index in [1.165, 1.54) is 17.3 Å². The van der Waals surface area contributed by atoms with Gasteiger partial charge in [0, 0.05) is 27.9 Å². The average molecular weight is 471 g/mol. The van der Waals surface area contributed by atoms with Crippen LogP contribution in [0.3, 0.4) is 0 Å². The van der Waals surface area contributed by atoms with E-state index in [9.17, 15) is 10.1 Å². The van der Waals surface area contributed by atoms with E-state index < -0.39 is 0 Å². The lowest BCUT2D eigenvalue weighted by Crippen LogP contribution is -2.31. The molecule has 7 heteroatoms. The van der Waals surface area contributed by atoms with Crippen molar-refractivity contribution in [1.82, 2.24) is 0 Å². The predicted octanol–water partition coefficient (Wildman–Crippen LogP) is 7.29. The molecule has 31 heavy (non-hydrogen) atoms. The molecule has 1 aliphatic heterocycles. The molecule has 0 spiro atoms. The van der Waals surface area contributed by atoms with E-state index in [0.717, 1.165) is 17.7 Å². The molecule has 0 aromatic heterocycles. The maximum atomic E-state index is 11.5. The highest BCUT2D eigenvalue weighted by molar-refractivity contribution is 8.00. The van der Waals surface area contributed by atoms with Gasteiger partial charge < -0.3 is 5.32 Å². The number of hydrogen-bond donors (Lipinski definition) is 1. The molecule has 3 aromatic carbocycles. The summed E-state index contributed by atoms with van der Waals surface area (Å²) in [6, 6.07) is 23.4. The van der Waals surface area contributed by atoms with E-state index in [2.05, 4.69) is 29.6 Å². The zero-order valence-electron chi connectivity index (χ0n) is 16.4. The number of thioether (sulfide) groups is 1. The summed E-state index contributed by atoms with van der Waals surface area (Å²) in [4.78, 5) is 11.8. The van der Waals surface area contributed by atoms with Gasteiger partial charge in [0.1, 0.15) is 0 Å². The lowest BCUT2D eigenvalue weighted by atomic mass is 9.77. The highest BCUT2D eigenvalue weighted by Crippen LogP contribution is 2.58. The summed E-state index contributed by atoms with van der Waals surface area (Å²) in [5.74, 6) is 0.373. The molecule has 1 fully saturated rings. The van der Waals surface area contributed by atoms with Crippen molar-refractivity contribution in [3.8, 4) is 0 Å². The van der Waals surface area contributed by atoms with Gasteiger partial charge in [-0.1, -0.05) is 54.1 Å². The molecule has 1 saturated carbocycles. The third-order valence-electron chi connectivity index (χ3n) is 6.27. The van der Waals surface area contributed by atoms with Crippen molar-refractivity contribution in [2.45, 2.75) is 33.9 Å². The van der Waals surface area contributed by atoms with E-state index in [1.54, 1.807) is 12.1 Å². The molecule has 0 amide bonds. The average Bonchev–Trinajstić information content (AvgIpc) is 3.10. The van der Waals surface area contributed by atoms with Crippen LogP contribution in [0.25, 0.3) is 0 Å². The van der Waals surface area contributed by atoms with Crippen molar-refractivity contribution in [3.05, 3.63) is 99.1 Å². The van der Waals surface area contributed by atoms with Gasteiger partial charge >= 0.3 is 0 Å². The Bertz CT molecular complexity index is 1130. The molecule has 5 atom stereocenters. The van der Waals surface area contributed by atoms with Crippen molar-refractivity contribution in [2.75, 3.05) is 5.32 Å². The highest BCUT2D eigenvalue weighted by Gasteiger charge is 2.50. The molecule has 1 heterocycles. The van der Waals surface area contributed by atoms with E-state index >= 15 is 0 Å². The van der Waals surface area contributed by atoms with E-state index in [4.69, 9.17) is 23.2 Å². The molecule has 5 rings (SSSR count). The minimum Gasteiger partial charge on any atom is -0.378 e. The summed E-state index contributed by atoms with van der Waals surface area (Å²) in [5, 5.41) is 15.8. The SMILES string of the molecule is O=[N+]([O-])c1ccccc1S[C@@H]1C[C@H]2[C@@H](c3cc(Cl)ccc3N[C@H]2c2ccccc2)[C@H]1Cl. The van der Waals surface area contributed by atoms with E-state index in [-0.39, 0.29) is 39.1 Å². The number of halogens is 2. The van der Waals surface area contributed by atoms with Crippen LogP contribution < -0.4 is 5.32 Å². The molecular formula is C24H20Cl2N2O2S. The Labute approximate surface area is 195 Å². The Morgan fingerprint density at radius 3 is 2.55 bits per heavy atom. The minimum atomic E-state index is -0.322. The monoisotopic (exact) mass is 470 g/mol. The number of benzene rings is 3. The summed E-state index contributed by atoms with van der Waals surface area (Å²) in [7, 11) is 0. The number of rotatable bonds is 4. The second kappa shape index (κ2) is 8.38. The van der Waals surface area contributed by atoms with Crippen molar-refractivity contribution >= 4 is 46.3 Å². The molecule has 158 valence electrons. The van der Waals surface area contributed by atoms with Crippen LogP contribution >= 0.6 is 35.0 Å². The maximum absolute atomic E-state index is 11.5. The highest BCUT2D eigenvalue weighted by atomic mass is 35.5. The summed E-state index contributed by atoms with van der Waals surface area (Å²) >= 11 is 15.0. The fourth-order valence-corrected chi connectivity index (χ4v) is 7.07. The summed E-state index contributed by atoms with van der Waals surface area (Å²) in [6.07, 6.45) is 0.855. The van der Waals surface area contributed by atoms with Gasteiger partial charge in [-0.2, -0.15) is 0 Å². The Hall–Kier alpha value is -2.21. The Morgan fingerprint density at radius 1 is 1.03 bits per heavy atom. The zero-order valence-corrected chi connectivity index (χ0v) is 18.8. The zero-order chi connectivity index (χ0) is 21.5. The number of para-hydroxylation sites is 1. The molecule has 3 aromatic rings. The number of anilines is 1. The number of nitrogens with zero attached hydrogens (tertiary/aromatic N) is 1. The van der Waals surface area contributed by atoms with Crippen LogP contribution in [0.2, 0.25) is 5.02 Å². The van der Waals surface area contributed by atoms with Crippen LogP contribution in [-0.2, 0) is 0 Å². The van der Waals surface area contributed by atoms with Crippen molar-refractivity contribution in [2.24, 2.45) is 5.92 Å². The Kier molecular flexibility index (Phi) is 5.59. The third-order valence-corrected chi connectivity index (χ3v) is 8.62. The van der Waals surface area contributed by atoms with Crippen LogP contribution in [0.5, 0.6) is 0 Å². The second-order valence-corrected chi connectivity index (χ2v) is 10.2. The quantitative estimate of drug-likeness (QED) is 0.247. The number of hydrogen-bond acceptors (Lipinski definition) is 4. The fourth-order valence-electron chi connectivity index (χ4n) is 4.95. The first-order chi connectivity index (χ1) is 15.0. The standard InChI is InChI=1S/C24H20Cl2N2O2S/c25-15-10-11-18-16(12-15)22-17(24(27-18)14-6-2-1-3-7-14)13-21(23(22)26)31-20-9-5-4-8-19(20)28(29)30/h1-12,17,21-24,27H,13H2/t17-,21+,22+,23-,24-/m0/s1. The largest absolute Gasteiger partial charge is 0.378 e. The van der Waals surface area contributed by atoms with Gasteiger partial charge in [0.05, 0.1) is 21.2 Å². The Balaban J connectivity index is 1.53. The van der Waals surface area contributed by atoms with Gasteiger partial charge in [-0.3, -0.25) is 10.1 Å². The molecule has 4 nitrogen and oxygen atoms in total. The van der Waals surface area contributed by atoms with Crippen LogP contribution in [0.4, 0.5) is 11.4 Å². The maximum Gasteiger partial charge on any atom is 0.282 e. The number of nitro groups is 1. The van der Waals surface area contributed by atoms with Gasteiger partial charge in [-0.25, -0.2) is 0 Å². The third kappa shape index (κ3) is 3.79. The molecular weight excluding hydrogens is 451 g/mol. The van der Waals surface area contributed by atoms with E-state index in [1.807, 2.05) is 36.4 Å². The van der Waals surface area contributed by atoms with Gasteiger partial charge in [0.2, 0.25) is 0 Å². The first kappa shape index (κ1) is 20.7. The molecule has 0 bridgehead atoms. The first-order valence-corrected chi connectivity index (χ1v) is 11.9. The van der Waals surface area contributed by atoms with Gasteiger partial charge in [0.25, 0.3) is 5.69 Å². The van der Waals surface area contributed by atoms with Crippen molar-refractivity contribution in [3.63, 3.8) is 0 Å². The molecule has 2 aliphatic rings. The van der Waals surface area contributed by atoms with Crippen LogP contribution in [0.15, 0.2) is 77.7 Å². The summed E-state index contributed by atoms with van der Waals surface area (Å²) in [5.41, 5.74) is 3.54. The molecule has 0 radical (unpaired) electrons. The molecule has 0 unspecified atom stereocenters. The normalized spacial score (nSPS) is 26.6. The van der Waals surface area contributed by atoms with Gasteiger partial charge in [0.15, 0.2) is 0 Å². The lowest BCUT2D eigenvalue weighted by molar-refractivity contribution is -0.387. The second-order valence-electron chi connectivity index (χ2n) is 8.02. The minimum absolute atomic E-state index is 0.0516. The van der Waals surface area contributed by atoms with Crippen LogP contribution in [-0.4, -0.2) is 15.6 Å². The van der Waals surface area contributed by atoms with Crippen molar-refractivity contribution in [1.29, 1.82) is 0 Å². The number of alkyl halides is 1. The summed E-state index contributed by atoms with van der Waals surface area (Å²) < 4.78 is 0. The number of nitrogens with one attached hydrogen (secondary N) is 1. The fraction of sp³-hybridized carbons (Fsp3) is 0.250. The van der Waals surface area contributed by atoms with Gasteiger partial charge in [-0.05, 0) is 47.7 Å². The molecule has 1 N–H and O–H groups in total. The number of fused-ring (bicyclic) bond motifs is 3. The van der Waals surface area contributed by atoms with Crippen molar-refractivity contribution < 1.29 is 4.92 Å². The topological polar surface area (TPSA) is 55.2 Å². The smallest absolute Gasteiger partial charge is 0.282 e. The van der Waals surface area contributed by atoms with Gasteiger partial charge in [-0.15, -0.1) is 23.4 Å². The molecule has 1 aliphatic carbocycles. The van der Waals surface area contributed by atoms with E-state index in [0.29, 0.717) is 9.92 Å². The summed E-state index contributed by atoms with van der Waals surface area (Å²) in [6.45, 7) is 0. The Morgan fingerprint density at radius 2 is 1.77 bits per heavy atom. The first-order valence-electron chi connectivity index (χ1n) is 10.2.